The number of esters is 1. The van der Waals surface area contributed by atoms with E-state index >= 15 is 0 Å². The number of hydrogen-bond donors (Lipinski definition) is 2. The average Bonchev–Trinajstić information content (AvgIpc) is 3.26. The van der Waals surface area contributed by atoms with Gasteiger partial charge in [0.05, 0.1) is 16.9 Å². The standard InChI is InChI=1S/C19H19N5O4S/c1-10-4-5-14(11(2)8-10)24-22-12(3)16(23-24)19(27)28-9-15(25)21-18-13(17(20)26)6-7-29-18/h4-8H,9H2,1-3H3,(H2,20,26)(H,21,25). The van der Waals surface area contributed by atoms with Crippen molar-refractivity contribution in [3.63, 3.8) is 0 Å². The van der Waals surface area contributed by atoms with Gasteiger partial charge in [0.2, 0.25) is 0 Å². The van der Waals surface area contributed by atoms with E-state index in [1.54, 1.807) is 12.3 Å². The predicted octanol–water partition coefficient (Wildman–Crippen LogP) is 2.15. The van der Waals surface area contributed by atoms with Gasteiger partial charge < -0.3 is 15.8 Å². The Kier molecular flexibility index (Phi) is 5.74. The summed E-state index contributed by atoms with van der Waals surface area (Å²) in [6.45, 7) is 5.00. The minimum absolute atomic E-state index is 0.0201. The lowest BCUT2D eigenvalue weighted by Gasteiger charge is -2.06. The van der Waals surface area contributed by atoms with E-state index in [1.165, 1.54) is 10.9 Å². The summed E-state index contributed by atoms with van der Waals surface area (Å²) in [4.78, 5) is 37.0. The summed E-state index contributed by atoms with van der Waals surface area (Å²) in [5.41, 5.74) is 8.63. The second-order valence-electron chi connectivity index (χ2n) is 6.37. The number of primary amides is 1. The lowest BCUT2D eigenvalue weighted by atomic mass is 10.1. The molecule has 2 heterocycles. The lowest BCUT2D eigenvalue weighted by Crippen LogP contribution is -2.22. The molecule has 0 atom stereocenters. The Hall–Kier alpha value is -3.53. The zero-order valence-electron chi connectivity index (χ0n) is 16.1. The Bertz CT molecular complexity index is 1100. The molecule has 2 amide bonds. The molecule has 0 fully saturated rings. The van der Waals surface area contributed by atoms with Crippen molar-refractivity contribution in [2.24, 2.45) is 5.73 Å². The zero-order chi connectivity index (χ0) is 21.1. The van der Waals surface area contributed by atoms with Crippen molar-refractivity contribution in [2.45, 2.75) is 20.8 Å². The van der Waals surface area contributed by atoms with E-state index in [0.717, 1.165) is 28.2 Å². The topological polar surface area (TPSA) is 129 Å². The van der Waals surface area contributed by atoms with Crippen LogP contribution in [-0.2, 0) is 9.53 Å². The maximum Gasteiger partial charge on any atom is 0.361 e. The number of anilines is 1. The highest BCUT2D eigenvalue weighted by atomic mass is 32.1. The summed E-state index contributed by atoms with van der Waals surface area (Å²) in [6.07, 6.45) is 0. The van der Waals surface area contributed by atoms with Gasteiger partial charge in [-0.05, 0) is 43.8 Å². The van der Waals surface area contributed by atoms with Crippen molar-refractivity contribution in [3.8, 4) is 5.69 Å². The number of thiophene rings is 1. The van der Waals surface area contributed by atoms with E-state index in [0.29, 0.717) is 10.7 Å². The van der Waals surface area contributed by atoms with Gasteiger partial charge in [-0.15, -0.1) is 16.4 Å². The van der Waals surface area contributed by atoms with Crippen LogP contribution in [-0.4, -0.2) is 39.4 Å². The van der Waals surface area contributed by atoms with Crippen molar-refractivity contribution in [3.05, 3.63) is 57.7 Å². The molecule has 3 N–H and O–H groups in total. The van der Waals surface area contributed by atoms with Gasteiger partial charge in [-0.3, -0.25) is 9.59 Å². The van der Waals surface area contributed by atoms with Crippen molar-refractivity contribution < 1.29 is 19.1 Å². The summed E-state index contributed by atoms with van der Waals surface area (Å²) < 4.78 is 5.04. The van der Waals surface area contributed by atoms with Crippen LogP contribution in [0.4, 0.5) is 5.00 Å². The number of nitrogens with one attached hydrogen (secondary N) is 1. The van der Waals surface area contributed by atoms with Crippen molar-refractivity contribution in [1.82, 2.24) is 15.0 Å². The number of nitrogens with zero attached hydrogens (tertiary/aromatic N) is 3. The van der Waals surface area contributed by atoms with E-state index in [2.05, 4.69) is 15.5 Å². The smallest absolute Gasteiger partial charge is 0.361 e. The lowest BCUT2D eigenvalue weighted by molar-refractivity contribution is -0.119. The number of carbonyl (C=O) groups is 3. The van der Waals surface area contributed by atoms with Gasteiger partial charge in [0, 0.05) is 0 Å². The Morgan fingerprint density at radius 2 is 1.93 bits per heavy atom. The molecule has 0 saturated heterocycles. The highest BCUT2D eigenvalue weighted by molar-refractivity contribution is 7.14. The third-order valence-electron chi connectivity index (χ3n) is 4.06. The van der Waals surface area contributed by atoms with Gasteiger partial charge in [0.15, 0.2) is 12.3 Å². The molecule has 0 bridgehead atoms. The summed E-state index contributed by atoms with van der Waals surface area (Å²) in [5, 5.41) is 12.9. The SMILES string of the molecule is Cc1ccc(-n2nc(C)c(C(=O)OCC(=O)Nc3sccc3C(N)=O)n2)c(C)c1. The van der Waals surface area contributed by atoms with E-state index < -0.39 is 24.4 Å². The van der Waals surface area contributed by atoms with Gasteiger partial charge in [-0.25, -0.2) is 4.79 Å². The Labute approximate surface area is 170 Å². The molecule has 0 unspecified atom stereocenters. The maximum absolute atomic E-state index is 12.3. The summed E-state index contributed by atoms with van der Waals surface area (Å²) in [7, 11) is 0. The molecule has 0 saturated carbocycles. The van der Waals surface area contributed by atoms with E-state index in [9.17, 15) is 14.4 Å². The molecule has 0 spiro atoms. The number of hydrogen-bond acceptors (Lipinski definition) is 7. The first-order valence-electron chi connectivity index (χ1n) is 8.62. The summed E-state index contributed by atoms with van der Waals surface area (Å²) >= 11 is 1.14. The molecule has 2 aromatic heterocycles. The molecular weight excluding hydrogens is 394 g/mol. The van der Waals surface area contributed by atoms with Crippen LogP contribution < -0.4 is 11.1 Å². The number of aromatic nitrogens is 3. The van der Waals surface area contributed by atoms with Crippen LogP contribution in [0.25, 0.3) is 5.69 Å². The third-order valence-corrected chi connectivity index (χ3v) is 4.89. The van der Waals surface area contributed by atoms with Crippen LogP contribution in [0.15, 0.2) is 29.6 Å². The van der Waals surface area contributed by atoms with Gasteiger partial charge in [0.25, 0.3) is 11.8 Å². The fourth-order valence-electron chi connectivity index (χ4n) is 2.67. The highest BCUT2D eigenvalue weighted by Gasteiger charge is 2.20. The molecule has 10 heteroatoms. The highest BCUT2D eigenvalue weighted by Crippen LogP contribution is 2.22. The quantitative estimate of drug-likeness (QED) is 0.596. The maximum atomic E-state index is 12.3. The predicted molar refractivity (Wildman–Crippen MR) is 107 cm³/mol. The molecule has 9 nitrogen and oxygen atoms in total. The molecule has 3 rings (SSSR count). The summed E-state index contributed by atoms with van der Waals surface area (Å²) in [6, 6.07) is 7.28. The van der Waals surface area contributed by atoms with Crippen molar-refractivity contribution in [1.29, 1.82) is 0 Å². The third kappa shape index (κ3) is 4.49. The molecular formula is C19H19N5O4S. The Balaban J connectivity index is 1.66. The first kappa shape index (κ1) is 20.2. The first-order chi connectivity index (χ1) is 13.8. The Morgan fingerprint density at radius 1 is 1.17 bits per heavy atom. The van der Waals surface area contributed by atoms with Gasteiger partial charge in [0.1, 0.15) is 5.00 Å². The minimum atomic E-state index is -0.769. The second kappa shape index (κ2) is 8.23. The van der Waals surface area contributed by atoms with Crippen LogP contribution >= 0.6 is 11.3 Å². The molecule has 3 aromatic rings. The average molecular weight is 413 g/mol. The monoisotopic (exact) mass is 413 g/mol. The normalized spacial score (nSPS) is 10.6. The fraction of sp³-hybridized carbons (Fsp3) is 0.211. The number of rotatable bonds is 6. The first-order valence-corrected chi connectivity index (χ1v) is 9.50. The summed E-state index contributed by atoms with van der Waals surface area (Å²) in [5.74, 6) is -2.02. The minimum Gasteiger partial charge on any atom is -0.451 e. The molecule has 0 aliphatic heterocycles. The van der Waals surface area contributed by atoms with Crippen LogP contribution in [0.3, 0.4) is 0 Å². The van der Waals surface area contributed by atoms with E-state index in [1.807, 2.05) is 32.0 Å². The van der Waals surface area contributed by atoms with Gasteiger partial charge in [-0.1, -0.05) is 17.7 Å². The molecule has 0 radical (unpaired) electrons. The molecule has 1 aromatic carbocycles. The number of amides is 2. The van der Waals surface area contributed by atoms with Crippen LogP contribution in [0, 0.1) is 20.8 Å². The van der Waals surface area contributed by atoms with Crippen molar-refractivity contribution >= 4 is 34.1 Å². The van der Waals surface area contributed by atoms with Gasteiger partial charge >= 0.3 is 5.97 Å². The van der Waals surface area contributed by atoms with E-state index in [4.69, 9.17) is 10.5 Å². The number of aryl methyl sites for hydroxylation is 3. The van der Waals surface area contributed by atoms with Crippen LogP contribution in [0.2, 0.25) is 0 Å². The molecule has 29 heavy (non-hydrogen) atoms. The van der Waals surface area contributed by atoms with Crippen molar-refractivity contribution in [2.75, 3.05) is 11.9 Å². The van der Waals surface area contributed by atoms with E-state index in [-0.39, 0.29) is 11.3 Å². The van der Waals surface area contributed by atoms with Crippen LogP contribution in [0.1, 0.15) is 37.7 Å². The number of nitrogens with two attached hydrogens (primary N) is 1. The van der Waals surface area contributed by atoms with Gasteiger partial charge in [-0.2, -0.15) is 9.90 Å². The second-order valence-corrected chi connectivity index (χ2v) is 7.28. The van der Waals surface area contributed by atoms with Crippen LogP contribution in [0.5, 0.6) is 0 Å². The zero-order valence-corrected chi connectivity index (χ0v) is 16.9. The molecule has 150 valence electrons. The Morgan fingerprint density at radius 3 is 2.62 bits per heavy atom. The number of carbonyl (C=O) groups excluding carboxylic acids is 3. The largest absolute Gasteiger partial charge is 0.451 e. The molecule has 0 aliphatic carbocycles. The molecule has 0 aliphatic rings. The fourth-order valence-corrected chi connectivity index (χ4v) is 3.48. The number of benzene rings is 1. The number of ether oxygens (including phenoxy) is 1.